The van der Waals surface area contributed by atoms with Crippen molar-refractivity contribution in [2.75, 3.05) is 7.11 Å². The molecule has 0 aromatic heterocycles. The van der Waals surface area contributed by atoms with Crippen molar-refractivity contribution < 1.29 is 4.74 Å². The van der Waals surface area contributed by atoms with Crippen LogP contribution in [0.2, 0.25) is 0 Å². The molecule has 0 aliphatic rings. The Labute approximate surface area is 91.7 Å². The van der Waals surface area contributed by atoms with Gasteiger partial charge in [0.05, 0.1) is 13.7 Å². The van der Waals surface area contributed by atoms with Crippen LogP contribution in [0.3, 0.4) is 0 Å². The summed E-state index contributed by atoms with van der Waals surface area (Å²) in [5.74, 6) is 0.706. The third-order valence-electron chi connectivity index (χ3n) is 2.52. The van der Waals surface area contributed by atoms with Crippen LogP contribution in [-0.2, 0) is 5.41 Å². The van der Waals surface area contributed by atoms with Gasteiger partial charge in [-0.2, -0.15) is 0 Å². The molecule has 0 saturated heterocycles. The Morgan fingerprint density at radius 2 is 1.87 bits per heavy atom. The second-order valence-electron chi connectivity index (χ2n) is 4.65. The summed E-state index contributed by atoms with van der Waals surface area (Å²) in [5, 5.41) is 0. The first kappa shape index (κ1) is 11.6. The molecule has 2 heteroatoms. The van der Waals surface area contributed by atoms with E-state index in [9.17, 15) is 0 Å². The van der Waals surface area contributed by atoms with E-state index < -0.39 is 0 Å². The van der Waals surface area contributed by atoms with E-state index in [4.69, 9.17) is 11.3 Å². The lowest BCUT2D eigenvalue weighted by Crippen LogP contribution is -2.13. The largest absolute Gasteiger partial charge is 0.508 e. The van der Waals surface area contributed by atoms with Crippen LogP contribution in [0.15, 0.2) is 12.1 Å². The second kappa shape index (κ2) is 3.94. The Kier molecular flexibility index (Phi) is 3.04. The van der Waals surface area contributed by atoms with E-state index >= 15 is 0 Å². The van der Waals surface area contributed by atoms with Gasteiger partial charge in [0.2, 0.25) is 5.69 Å². The van der Waals surface area contributed by atoms with E-state index in [0.29, 0.717) is 11.4 Å². The van der Waals surface area contributed by atoms with Gasteiger partial charge in [0.25, 0.3) is 0 Å². The van der Waals surface area contributed by atoms with Gasteiger partial charge in [0.15, 0.2) is 0 Å². The van der Waals surface area contributed by atoms with Crippen molar-refractivity contribution in [2.24, 2.45) is 0 Å². The van der Waals surface area contributed by atoms with Crippen LogP contribution in [0.25, 0.3) is 4.85 Å². The second-order valence-corrected chi connectivity index (χ2v) is 4.65. The maximum atomic E-state index is 7.06. The molecule has 0 fully saturated rings. The highest BCUT2D eigenvalue weighted by Crippen LogP contribution is 2.37. The summed E-state index contributed by atoms with van der Waals surface area (Å²) in [4.78, 5) is 3.45. The fourth-order valence-corrected chi connectivity index (χ4v) is 1.84. The van der Waals surface area contributed by atoms with Gasteiger partial charge in [-0.1, -0.05) is 32.9 Å². The smallest absolute Gasteiger partial charge is 0.228 e. The highest BCUT2D eigenvalue weighted by molar-refractivity contribution is 5.63. The van der Waals surface area contributed by atoms with Gasteiger partial charge in [-0.15, -0.1) is 0 Å². The molecule has 15 heavy (non-hydrogen) atoms. The first-order valence-corrected chi connectivity index (χ1v) is 4.97. The fourth-order valence-electron chi connectivity index (χ4n) is 1.84. The van der Waals surface area contributed by atoms with Gasteiger partial charge in [-0.25, -0.2) is 4.85 Å². The van der Waals surface area contributed by atoms with E-state index in [1.807, 2.05) is 19.1 Å². The van der Waals surface area contributed by atoms with Crippen molar-refractivity contribution in [3.05, 3.63) is 34.7 Å². The maximum absolute atomic E-state index is 7.06. The van der Waals surface area contributed by atoms with Gasteiger partial charge in [-0.05, 0) is 23.5 Å². The maximum Gasteiger partial charge on any atom is 0.228 e. The van der Waals surface area contributed by atoms with Gasteiger partial charge >= 0.3 is 0 Å². The summed E-state index contributed by atoms with van der Waals surface area (Å²) in [6, 6.07) is 3.85. The number of methoxy groups -OCH3 is 1. The minimum absolute atomic E-state index is 0.0813. The van der Waals surface area contributed by atoms with Crippen molar-refractivity contribution in [3.8, 4) is 5.75 Å². The minimum atomic E-state index is 0.0813. The minimum Gasteiger partial charge on any atom is -0.508 e. The standard InChI is InChI=1S/C13H17NO/c1-9-10(13(2,3)4)7-8-11(14-5)12(9)15-6/h7-8H,1-4,6H3. The highest BCUT2D eigenvalue weighted by atomic mass is 16.5. The molecule has 0 spiro atoms. The molecule has 0 atom stereocenters. The van der Waals surface area contributed by atoms with Crippen LogP contribution < -0.4 is 4.74 Å². The van der Waals surface area contributed by atoms with Crippen LogP contribution in [-0.4, -0.2) is 7.11 Å². The summed E-state index contributed by atoms with van der Waals surface area (Å²) in [6.45, 7) is 15.5. The SMILES string of the molecule is [C-]#[N+]c1ccc(C(C)(C)C)c(C)c1OC. The van der Waals surface area contributed by atoms with E-state index in [1.54, 1.807) is 7.11 Å². The van der Waals surface area contributed by atoms with Crippen molar-refractivity contribution >= 4 is 5.69 Å². The molecule has 0 heterocycles. The van der Waals surface area contributed by atoms with Crippen molar-refractivity contribution in [2.45, 2.75) is 33.1 Å². The molecule has 1 rings (SSSR count). The predicted molar refractivity (Wildman–Crippen MR) is 62.7 cm³/mol. The third-order valence-corrected chi connectivity index (χ3v) is 2.52. The monoisotopic (exact) mass is 203 g/mol. The average Bonchev–Trinajstić information content (AvgIpc) is 2.15. The molecule has 1 aromatic rings. The molecule has 0 bridgehead atoms. The van der Waals surface area contributed by atoms with Gasteiger partial charge in [0.1, 0.15) is 5.75 Å². The first-order chi connectivity index (χ1) is 6.91. The van der Waals surface area contributed by atoms with E-state index in [0.717, 1.165) is 5.56 Å². The quantitative estimate of drug-likeness (QED) is 0.632. The number of rotatable bonds is 1. The zero-order valence-corrected chi connectivity index (χ0v) is 10.0. The van der Waals surface area contributed by atoms with Crippen LogP contribution in [0, 0.1) is 13.5 Å². The van der Waals surface area contributed by atoms with E-state index in [2.05, 4.69) is 25.6 Å². The Balaban J connectivity index is 3.44. The lowest BCUT2D eigenvalue weighted by molar-refractivity contribution is 0.411. The molecule has 0 N–H and O–H groups in total. The van der Waals surface area contributed by atoms with Crippen molar-refractivity contribution in [3.63, 3.8) is 0 Å². The molecule has 80 valence electrons. The molecule has 2 nitrogen and oxygen atoms in total. The zero-order valence-electron chi connectivity index (χ0n) is 10.0. The summed E-state index contributed by atoms with van der Waals surface area (Å²) in [5.41, 5.74) is 2.96. The number of ether oxygens (including phenoxy) is 1. The normalized spacial score (nSPS) is 10.9. The zero-order chi connectivity index (χ0) is 11.6. The van der Waals surface area contributed by atoms with Crippen LogP contribution in [0.5, 0.6) is 5.75 Å². The van der Waals surface area contributed by atoms with Gasteiger partial charge in [0, 0.05) is 0 Å². The Morgan fingerprint density at radius 3 is 2.27 bits per heavy atom. The Hall–Kier alpha value is -1.49. The lowest BCUT2D eigenvalue weighted by atomic mass is 9.83. The fraction of sp³-hybridized carbons (Fsp3) is 0.462. The summed E-state index contributed by atoms with van der Waals surface area (Å²) >= 11 is 0. The molecule has 0 saturated carbocycles. The summed E-state index contributed by atoms with van der Waals surface area (Å²) in [7, 11) is 1.61. The number of benzene rings is 1. The number of nitrogens with zero attached hydrogens (tertiary/aromatic N) is 1. The summed E-state index contributed by atoms with van der Waals surface area (Å²) < 4.78 is 5.29. The van der Waals surface area contributed by atoms with E-state index in [-0.39, 0.29) is 5.41 Å². The Morgan fingerprint density at radius 1 is 1.27 bits per heavy atom. The molecule has 0 amide bonds. The number of hydrogen-bond donors (Lipinski definition) is 0. The predicted octanol–water partition coefficient (Wildman–Crippen LogP) is 3.85. The van der Waals surface area contributed by atoms with Crippen LogP contribution in [0.1, 0.15) is 31.9 Å². The molecular weight excluding hydrogens is 186 g/mol. The molecule has 1 aromatic carbocycles. The molecule has 0 radical (unpaired) electrons. The lowest BCUT2D eigenvalue weighted by Gasteiger charge is -2.23. The average molecular weight is 203 g/mol. The highest BCUT2D eigenvalue weighted by Gasteiger charge is 2.19. The van der Waals surface area contributed by atoms with Crippen LogP contribution >= 0.6 is 0 Å². The third kappa shape index (κ3) is 2.12. The van der Waals surface area contributed by atoms with Gasteiger partial charge in [-0.3, -0.25) is 0 Å². The van der Waals surface area contributed by atoms with E-state index in [1.165, 1.54) is 5.56 Å². The topological polar surface area (TPSA) is 13.6 Å². The summed E-state index contributed by atoms with van der Waals surface area (Å²) in [6.07, 6.45) is 0. The van der Waals surface area contributed by atoms with Gasteiger partial charge < -0.3 is 4.74 Å². The van der Waals surface area contributed by atoms with Crippen molar-refractivity contribution in [1.82, 2.24) is 0 Å². The first-order valence-electron chi connectivity index (χ1n) is 4.97. The molecule has 0 unspecified atom stereocenters. The Bertz CT molecular complexity index is 408. The molecule has 0 aliphatic heterocycles. The molecule has 0 aliphatic carbocycles. The molecular formula is C13H17NO. The van der Waals surface area contributed by atoms with Crippen LogP contribution in [0.4, 0.5) is 5.69 Å². The van der Waals surface area contributed by atoms with Crippen molar-refractivity contribution in [1.29, 1.82) is 0 Å². The number of hydrogen-bond acceptors (Lipinski definition) is 1.